The summed E-state index contributed by atoms with van der Waals surface area (Å²) in [4.78, 5) is 0. The van der Waals surface area contributed by atoms with Crippen molar-refractivity contribution in [1.29, 1.82) is 0 Å². The van der Waals surface area contributed by atoms with E-state index in [1.165, 1.54) is 31.2 Å². The zero-order chi connectivity index (χ0) is 9.97. The largest absolute Gasteiger partial charge is 0.388 e. The SMILES string of the molecule is Cc1cccc([C@@H](O)C2CCCC2)c1. The minimum Gasteiger partial charge on any atom is -0.388 e. The zero-order valence-electron chi connectivity index (χ0n) is 8.74. The first-order chi connectivity index (χ1) is 6.77. The average Bonchev–Trinajstić information content (AvgIpc) is 2.69. The summed E-state index contributed by atoms with van der Waals surface area (Å²) in [6.07, 6.45) is 4.71. The van der Waals surface area contributed by atoms with Crippen molar-refractivity contribution in [2.24, 2.45) is 5.92 Å². The normalized spacial score (nSPS) is 19.9. The van der Waals surface area contributed by atoms with Gasteiger partial charge in [-0.15, -0.1) is 0 Å². The van der Waals surface area contributed by atoms with Crippen molar-refractivity contribution >= 4 is 0 Å². The second-order valence-electron chi connectivity index (χ2n) is 4.40. The van der Waals surface area contributed by atoms with Crippen molar-refractivity contribution < 1.29 is 5.11 Å². The molecule has 0 spiro atoms. The maximum Gasteiger partial charge on any atom is 0.0818 e. The van der Waals surface area contributed by atoms with Crippen molar-refractivity contribution in [2.45, 2.75) is 38.7 Å². The number of benzene rings is 1. The number of rotatable bonds is 2. The second-order valence-corrected chi connectivity index (χ2v) is 4.40. The zero-order valence-corrected chi connectivity index (χ0v) is 8.74. The number of hydrogen-bond donors (Lipinski definition) is 1. The summed E-state index contributed by atoms with van der Waals surface area (Å²) < 4.78 is 0. The first-order valence-corrected chi connectivity index (χ1v) is 5.52. The third kappa shape index (κ3) is 1.98. The molecule has 0 saturated heterocycles. The summed E-state index contributed by atoms with van der Waals surface area (Å²) >= 11 is 0. The maximum absolute atomic E-state index is 10.1. The van der Waals surface area contributed by atoms with Gasteiger partial charge in [0, 0.05) is 0 Å². The number of aryl methyl sites for hydroxylation is 1. The highest BCUT2D eigenvalue weighted by atomic mass is 16.3. The number of hydrogen-bond acceptors (Lipinski definition) is 1. The summed E-state index contributed by atoms with van der Waals surface area (Å²) in [6.45, 7) is 2.07. The standard InChI is InChI=1S/C13H18O/c1-10-5-4-8-12(9-10)13(14)11-6-2-3-7-11/h4-5,8-9,11,13-14H,2-3,6-7H2,1H3/t13-/m0/s1. The van der Waals surface area contributed by atoms with Crippen LogP contribution in [0.1, 0.15) is 42.9 Å². The molecule has 1 nitrogen and oxygen atoms in total. The highest BCUT2D eigenvalue weighted by Crippen LogP contribution is 2.35. The van der Waals surface area contributed by atoms with Crippen LogP contribution < -0.4 is 0 Å². The molecule has 2 rings (SSSR count). The van der Waals surface area contributed by atoms with Crippen molar-refractivity contribution in [2.75, 3.05) is 0 Å². The van der Waals surface area contributed by atoms with Crippen LogP contribution in [0, 0.1) is 12.8 Å². The Kier molecular flexibility index (Phi) is 2.87. The van der Waals surface area contributed by atoms with Gasteiger partial charge in [-0.05, 0) is 31.2 Å². The minimum absolute atomic E-state index is 0.239. The highest BCUT2D eigenvalue weighted by molar-refractivity contribution is 5.24. The van der Waals surface area contributed by atoms with Crippen molar-refractivity contribution in [3.8, 4) is 0 Å². The molecule has 1 heteroatoms. The third-order valence-electron chi connectivity index (χ3n) is 3.23. The number of aliphatic hydroxyl groups excluding tert-OH is 1. The van der Waals surface area contributed by atoms with E-state index in [0.29, 0.717) is 5.92 Å². The van der Waals surface area contributed by atoms with Crippen LogP contribution in [0.3, 0.4) is 0 Å². The van der Waals surface area contributed by atoms with Gasteiger partial charge in [-0.2, -0.15) is 0 Å². The molecule has 1 aliphatic carbocycles. The quantitative estimate of drug-likeness (QED) is 0.759. The van der Waals surface area contributed by atoms with E-state index in [-0.39, 0.29) is 6.10 Å². The van der Waals surface area contributed by atoms with Crippen LogP contribution in [0.5, 0.6) is 0 Å². The van der Waals surface area contributed by atoms with Crippen LogP contribution in [0.25, 0.3) is 0 Å². The molecule has 14 heavy (non-hydrogen) atoms. The molecule has 1 aromatic carbocycles. The fourth-order valence-electron chi connectivity index (χ4n) is 2.40. The molecule has 1 aliphatic rings. The lowest BCUT2D eigenvalue weighted by Crippen LogP contribution is -2.08. The van der Waals surface area contributed by atoms with Gasteiger partial charge < -0.3 is 5.11 Å². The van der Waals surface area contributed by atoms with Gasteiger partial charge in [0.05, 0.1) is 6.10 Å². The van der Waals surface area contributed by atoms with Gasteiger partial charge in [-0.1, -0.05) is 42.7 Å². The maximum atomic E-state index is 10.1. The summed E-state index contributed by atoms with van der Waals surface area (Å²) in [7, 11) is 0. The fraction of sp³-hybridized carbons (Fsp3) is 0.538. The monoisotopic (exact) mass is 190 g/mol. The molecule has 0 heterocycles. The molecule has 1 fully saturated rings. The molecular formula is C13H18O. The molecular weight excluding hydrogens is 172 g/mol. The molecule has 1 N–H and O–H groups in total. The molecule has 0 radical (unpaired) electrons. The predicted octanol–water partition coefficient (Wildman–Crippen LogP) is 3.22. The van der Waals surface area contributed by atoms with Crippen molar-refractivity contribution in [1.82, 2.24) is 0 Å². The molecule has 0 amide bonds. The predicted molar refractivity (Wildman–Crippen MR) is 58.1 cm³/mol. The Morgan fingerprint density at radius 1 is 1.29 bits per heavy atom. The van der Waals surface area contributed by atoms with Gasteiger partial charge in [0.25, 0.3) is 0 Å². The molecule has 1 saturated carbocycles. The van der Waals surface area contributed by atoms with E-state index in [1.807, 2.05) is 12.1 Å². The van der Waals surface area contributed by atoms with E-state index < -0.39 is 0 Å². The molecule has 0 unspecified atom stereocenters. The molecule has 0 bridgehead atoms. The highest BCUT2D eigenvalue weighted by Gasteiger charge is 2.24. The Labute approximate surface area is 85.8 Å². The van der Waals surface area contributed by atoms with Gasteiger partial charge in [0.15, 0.2) is 0 Å². The lowest BCUT2D eigenvalue weighted by molar-refractivity contribution is 0.111. The Morgan fingerprint density at radius 3 is 2.64 bits per heavy atom. The van der Waals surface area contributed by atoms with Crippen LogP contribution in [0.15, 0.2) is 24.3 Å². The van der Waals surface area contributed by atoms with Crippen LogP contribution >= 0.6 is 0 Å². The van der Waals surface area contributed by atoms with Crippen LogP contribution in [0.4, 0.5) is 0 Å². The van der Waals surface area contributed by atoms with Gasteiger partial charge in [0.2, 0.25) is 0 Å². The molecule has 1 aromatic rings. The van der Waals surface area contributed by atoms with Crippen LogP contribution in [-0.4, -0.2) is 5.11 Å². The Morgan fingerprint density at radius 2 is 2.00 bits per heavy atom. The topological polar surface area (TPSA) is 20.2 Å². The van der Waals surface area contributed by atoms with E-state index in [1.54, 1.807) is 0 Å². The molecule has 76 valence electrons. The van der Waals surface area contributed by atoms with Crippen LogP contribution in [-0.2, 0) is 0 Å². The summed E-state index contributed by atoms with van der Waals surface area (Å²) in [5.74, 6) is 0.497. The second kappa shape index (κ2) is 4.14. The minimum atomic E-state index is -0.239. The summed E-state index contributed by atoms with van der Waals surface area (Å²) in [6, 6.07) is 8.24. The first-order valence-electron chi connectivity index (χ1n) is 5.52. The Balaban J connectivity index is 2.13. The average molecular weight is 190 g/mol. The summed E-state index contributed by atoms with van der Waals surface area (Å²) in [5, 5.41) is 10.1. The molecule has 0 aromatic heterocycles. The van der Waals surface area contributed by atoms with E-state index in [0.717, 1.165) is 5.56 Å². The van der Waals surface area contributed by atoms with Gasteiger partial charge >= 0.3 is 0 Å². The lowest BCUT2D eigenvalue weighted by atomic mass is 9.94. The number of aliphatic hydroxyl groups is 1. The third-order valence-corrected chi connectivity index (χ3v) is 3.23. The Hall–Kier alpha value is -0.820. The summed E-state index contributed by atoms with van der Waals surface area (Å²) in [5.41, 5.74) is 2.33. The van der Waals surface area contributed by atoms with Gasteiger partial charge in [-0.25, -0.2) is 0 Å². The van der Waals surface area contributed by atoms with Crippen LogP contribution in [0.2, 0.25) is 0 Å². The molecule has 1 atom stereocenters. The molecule has 0 aliphatic heterocycles. The van der Waals surface area contributed by atoms with Gasteiger partial charge in [0.1, 0.15) is 0 Å². The van der Waals surface area contributed by atoms with Crippen molar-refractivity contribution in [3.05, 3.63) is 35.4 Å². The first kappa shape index (κ1) is 9.72. The fourth-order valence-corrected chi connectivity index (χ4v) is 2.40. The van der Waals surface area contributed by atoms with E-state index in [9.17, 15) is 5.11 Å². The Bertz CT molecular complexity index is 300. The van der Waals surface area contributed by atoms with E-state index in [4.69, 9.17) is 0 Å². The smallest absolute Gasteiger partial charge is 0.0818 e. The lowest BCUT2D eigenvalue weighted by Gasteiger charge is -2.18. The van der Waals surface area contributed by atoms with E-state index >= 15 is 0 Å². The van der Waals surface area contributed by atoms with Crippen molar-refractivity contribution in [3.63, 3.8) is 0 Å². The van der Waals surface area contributed by atoms with E-state index in [2.05, 4.69) is 19.1 Å². The van der Waals surface area contributed by atoms with Gasteiger partial charge in [-0.3, -0.25) is 0 Å².